The van der Waals surface area contributed by atoms with E-state index in [9.17, 15) is 5.11 Å². The summed E-state index contributed by atoms with van der Waals surface area (Å²) in [6.45, 7) is 4.31. The van der Waals surface area contributed by atoms with E-state index in [4.69, 9.17) is 14.3 Å². The Morgan fingerprint density at radius 1 is 1.30 bits per heavy atom. The predicted molar refractivity (Wildman–Crippen MR) is 106 cm³/mol. The molecule has 6 heteroatoms. The number of aliphatic hydroxyl groups excluding tert-OH is 1. The maximum Gasteiger partial charge on any atom is 0.221 e. The Morgan fingerprint density at radius 2 is 2.15 bits per heavy atom. The molecule has 1 spiro atoms. The number of hydrazone groups is 1. The fourth-order valence-corrected chi connectivity index (χ4v) is 5.00. The molecule has 140 valence electrons. The number of nitrogens with zero attached hydrogens (tertiary/aromatic N) is 2. The van der Waals surface area contributed by atoms with Crippen molar-refractivity contribution < 1.29 is 14.3 Å². The highest BCUT2D eigenvalue weighted by Crippen LogP contribution is 2.53. The number of hydrogen-bond donors (Lipinski definition) is 1. The molecule has 1 N–H and O–H groups in total. The smallest absolute Gasteiger partial charge is 0.221 e. The van der Waals surface area contributed by atoms with E-state index < -0.39 is 5.72 Å². The number of halogens is 1. The average Bonchev–Trinajstić information content (AvgIpc) is 3.23. The predicted octanol–water partition coefficient (Wildman–Crippen LogP) is 5.54. The zero-order valence-electron chi connectivity index (χ0n) is 15.3. The quantitative estimate of drug-likeness (QED) is 0.647. The second-order valence-electron chi connectivity index (χ2n) is 8.37. The van der Waals surface area contributed by atoms with Crippen molar-refractivity contribution in [2.75, 3.05) is 0 Å². The number of fused-ring (bicyclic) bond motifs is 4. The molecular formula is C21H21BrN2O3. The van der Waals surface area contributed by atoms with Gasteiger partial charge in [0.1, 0.15) is 17.2 Å². The lowest BCUT2D eigenvalue weighted by Crippen LogP contribution is -2.56. The van der Waals surface area contributed by atoms with E-state index in [0.717, 1.165) is 40.1 Å². The normalized spacial score (nSPS) is 28.3. The number of furan rings is 1. The molecule has 3 heterocycles. The van der Waals surface area contributed by atoms with Crippen molar-refractivity contribution in [1.82, 2.24) is 5.01 Å². The summed E-state index contributed by atoms with van der Waals surface area (Å²) in [6.07, 6.45) is 5.62. The lowest BCUT2D eigenvalue weighted by molar-refractivity contribution is -0.115. The van der Waals surface area contributed by atoms with Gasteiger partial charge < -0.3 is 14.3 Å². The van der Waals surface area contributed by atoms with Gasteiger partial charge in [0.15, 0.2) is 0 Å². The van der Waals surface area contributed by atoms with Gasteiger partial charge in [-0.2, -0.15) is 5.10 Å². The lowest BCUT2D eigenvalue weighted by atomic mass is 9.75. The van der Waals surface area contributed by atoms with Crippen LogP contribution >= 0.6 is 15.9 Å². The Balaban J connectivity index is 1.68. The average molecular weight is 429 g/mol. The van der Waals surface area contributed by atoms with Gasteiger partial charge in [0.05, 0.1) is 18.1 Å². The minimum Gasteiger partial charge on any atom is -0.512 e. The van der Waals surface area contributed by atoms with Crippen LogP contribution in [0.3, 0.4) is 0 Å². The Hall–Kier alpha value is -2.21. The van der Waals surface area contributed by atoms with E-state index in [2.05, 4.69) is 35.8 Å². The van der Waals surface area contributed by atoms with E-state index in [1.165, 1.54) is 0 Å². The fourth-order valence-electron chi connectivity index (χ4n) is 4.62. The van der Waals surface area contributed by atoms with Gasteiger partial charge in [-0.1, -0.05) is 29.8 Å². The molecule has 0 unspecified atom stereocenters. The first-order valence-electron chi connectivity index (χ1n) is 9.15. The minimum absolute atomic E-state index is 0.0318. The summed E-state index contributed by atoms with van der Waals surface area (Å²) in [6, 6.07) is 9.92. The first kappa shape index (κ1) is 16.9. The Labute approximate surface area is 166 Å². The van der Waals surface area contributed by atoms with Crippen molar-refractivity contribution in [2.24, 2.45) is 10.5 Å². The monoisotopic (exact) mass is 428 g/mol. The van der Waals surface area contributed by atoms with Crippen LogP contribution in [0.15, 0.2) is 62.4 Å². The zero-order chi connectivity index (χ0) is 18.8. The second kappa shape index (κ2) is 5.64. The SMILES string of the molecule is CC1(C)CC(O)=C[C@@]2(C1)Oc1ccc(Br)cc1[C@@H]1CC(c3ccco3)=NN12. The van der Waals surface area contributed by atoms with Gasteiger partial charge >= 0.3 is 0 Å². The van der Waals surface area contributed by atoms with Gasteiger partial charge in [-0.3, -0.25) is 0 Å². The van der Waals surface area contributed by atoms with Gasteiger partial charge in [0, 0.05) is 35.4 Å². The molecule has 2 aromatic rings. The number of ether oxygens (including phenoxy) is 1. The summed E-state index contributed by atoms with van der Waals surface area (Å²) in [4.78, 5) is 0. The topological polar surface area (TPSA) is 58.2 Å². The largest absolute Gasteiger partial charge is 0.512 e. The van der Waals surface area contributed by atoms with Crippen molar-refractivity contribution in [1.29, 1.82) is 0 Å². The van der Waals surface area contributed by atoms with Gasteiger partial charge in [-0.05, 0) is 35.7 Å². The third kappa shape index (κ3) is 2.69. The van der Waals surface area contributed by atoms with Gasteiger partial charge in [-0.25, -0.2) is 5.01 Å². The molecule has 0 amide bonds. The van der Waals surface area contributed by atoms with Gasteiger partial charge in [-0.15, -0.1) is 0 Å². The zero-order valence-corrected chi connectivity index (χ0v) is 16.9. The summed E-state index contributed by atoms with van der Waals surface area (Å²) < 4.78 is 13.1. The molecular weight excluding hydrogens is 408 g/mol. The first-order chi connectivity index (χ1) is 12.9. The van der Waals surface area contributed by atoms with Crippen LogP contribution < -0.4 is 4.74 Å². The lowest BCUT2D eigenvalue weighted by Gasteiger charge is -2.50. The van der Waals surface area contributed by atoms with Gasteiger partial charge in [0.2, 0.25) is 5.72 Å². The molecule has 1 aliphatic carbocycles. The molecule has 3 aliphatic rings. The van der Waals surface area contributed by atoms with Gasteiger partial charge in [0.25, 0.3) is 0 Å². The van der Waals surface area contributed by atoms with Crippen molar-refractivity contribution in [3.8, 4) is 5.75 Å². The number of hydrogen-bond acceptors (Lipinski definition) is 5. The van der Waals surface area contributed by atoms with Crippen LogP contribution in [0.5, 0.6) is 5.75 Å². The van der Waals surface area contributed by atoms with Crippen molar-refractivity contribution in [3.63, 3.8) is 0 Å². The van der Waals surface area contributed by atoms with Crippen LogP contribution in [0.2, 0.25) is 0 Å². The fraction of sp³-hybridized carbons (Fsp3) is 0.381. The third-order valence-electron chi connectivity index (χ3n) is 5.50. The molecule has 27 heavy (non-hydrogen) atoms. The van der Waals surface area contributed by atoms with Crippen molar-refractivity contribution in [2.45, 2.75) is 44.9 Å². The van der Waals surface area contributed by atoms with Crippen LogP contribution in [0.25, 0.3) is 0 Å². The van der Waals surface area contributed by atoms with Crippen LogP contribution in [0.1, 0.15) is 50.5 Å². The number of allylic oxidation sites excluding steroid dienone is 1. The number of aliphatic hydroxyl groups is 1. The highest BCUT2D eigenvalue weighted by Gasteiger charge is 2.54. The minimum atomic E-state index is -0.800. The summed E-state index contributed by atoms with van der Waals surface area (Å²) in [7, 11) is 0. The standard InChI is InChI=1S/C21H21BrN2O3/c1-20(2)10-14(25)11-21(12-20)24-17(9-16(23-24)19-4-3-7-26-19)15-8-13(22)5-6-18(15)27-21/h3-8,11,17,25H,9-10,12H2,1-2H3/t17-,21-/m0/s1. The Bertz CT molecular complexity index is 964. The van der Waals surface area contributed by atoms with Crippen molar-refractivity contribution >= 4 is 21.6 Å². The molecule has 2 aliphatic heterocycles. The van der Waals surface area contributed by atoms with Crippen LogP contribution in [-0.2, 0) is 0 Å². The maximum absolute atomic E-state index is 10.5. The highest BCUT2D eigenvalue weighted by molar-refractivity contribution is 9.10. The summed E-state index contributed by atoms with van der Waals surface area (Å²) >= 11 is 3.57. The molecule has 1 aromatic heterocycles. The Morgan fingerprint density at radius 3 is 2.89 bits per heavy atom. The maximum atomic E-state index is 10.5. The molecule has 0 radical (unpaired) electrons. The molecule has 1 aromatic carbocycles. The summed E-state index contributed by atoms with van der Waals surface area (Å²) in [5, 5.41) is 17.4. The molecule has 0 bridgehead atoms. The number of rotatable bonds is 1. The highest BCUT2D eigenvalue weighted by atomic mass is 79.9. The molecule has 0 fully saturated rings. The number of benzene rings is 1. The van der Waals surface area contributed by atoms with E-state index in [1.54, 1.807) is 6.26 Å². The molecule has 2 atom stereocenters. The molecule has 0 saturated heterocycles. The second-order valence-corrected chi connectivity index (χ2v) is 9.29. The van der Waals surface area contributed by atoms with Crippen LogP contribution in [0, 0.1) is 5.41 Å². The summed E-state index contributed by atoms with van der Waals surface area (Å²) in [5.41, 5.74) is 1.10. The molecule has 0 saturated carbocycles. The van der Waals surface area contributed by atoms with Crippen LogP contribution in [0.4, 0.5) is 0 Å². The summed E-state index contributed by atoms with van der Waals surface area (Å²) in [5.74, 6) is 1.98. The van der Waals surface area contributed by atoms with E-state index in [1.807, 2.05) is 35.4 Å². The van der Waals surface area contributed by atoms with E-state index in [0.29, 0.717) is 12.2 Å². The third-order valence-corrected chi connectivity index (χ3v) is 6.00. The molecule has 5 rings (SSSR count). The van der Waals surface area contributed by atoms with Crippen LogP contribution in [-0.4, -0.2) is 21.6 Å². The van der Waals surface area contributed by atoms with E-state index >= 15 is 0 Å². The van der Waals surface area contributed by atoms with E-state index in [-0.39, 0.29) is 11.5 Å². The molecule has 5 nitrogen and oxygen atoms in total. The first-order valence-corrected chi connectivity index (χ1v) is 9.94. The Kier molecular flexibility index (Phi) is 3.54. The van der Waals surface area contributed by atoms with Crippen molar-refractivity contribution in [3.05, 3.63) is 64.2 Å².